The number of aromatic nitrogens is 2. The first-order chi connectivity index (χ1) is 14.6. The van der Waals surface area contributed by atoms with E-state index >= 15 is 0 Å². The maximum atomic E-state index is 14.8. The Morgan fingerprint density at radius 1 is 1.10 bits per heavy atom. The highest BCUT2D eigenvalue weighted by molar-refractivity contribution is 6.30. The highest BCUT2D eigenvalue weighted by Gasteiger charge is 2.23. The maximum Gasteiger partial charge on any atom is 0.156 e. The molecule has 0 saturated heterocycles. The lowest BCUT2D eigenvalue weighted by atomic mass is 10.1. The number of aromatic amines is 1. The minimum atomic E-state index is -0.466. The summed E-state index contributed by atoms with van der Waals surface area (Å²) in [7, 11) is 0. The first-order valence-electron chi connectivity index (χ1n) is 9.37. The first kappa shape index (κ1) is 18.6. The van der Waals surface area contributed by atoms with Gasteiger partial charge in [-0.1, -0.05) is 41.0 Å². The van der Waals surface area contributed by atoms with Crippen molar-refractivity contribution in [2.45, 2.75) is 13.1 Å². The third kappa shape index (κ3) is 3.39. The summed E-state index contributed by atoms with van der Waals surface area (Å²) in [6, 6.07) is 15.4. The van der Waals surface area contributed by atoms with E-state index in [0.29, 0.717) is 35.1 Å². The van der Waals surface area contributed by atoms with Crippen molar-refractivity contribution < 1.29 is 13.3 Å². The molecule has 0 radical (unpaired) electrons. The molecule has 30 heavy (non-hydrogen) atoms. The number of benzene rings is 2. The van der Waals surface area contributed by atoms with Crippen molar-refractivity contribution in [1.29, 1.82) is 0 Å². The second-order valence-corrected chi connectivity index (χ2v) is 7.53. The highest BCUT2D eigenvalue weighted by Crippen LogP contribution is 2.32. The molecule has 0 fully saturated rings. The molecule has 7 heteroatoms. The van der Waals surface area contributed by atoms with Gasteiger partial charge in [-0.15, -0.1) is 0 Å². The summed E-state index contributed by atoms with van der Waals surface area (Å²) in [6.45, 7) is 0.903. The van der Waals surface area contributed by atoms with Crippen molar-refractivity contribution in [3.05, 3.63) is 94.5 Å². The molecule has 0 bridgehead atoms. The number of hydrogen-bond acceptors (Lipinski definition) is 3. The Morgan fingerprint density at radius 2 is 1.90 bits per heavy atom. The summed E-state index contributed by atoms with van der Waals surface area (Å²) in [4.78, 5) is 5.01. The fourth-order valence-electron chi connectivity index (χ4n) is 3.58. The monoisotopic (exact) mass is 423 g/mol. The summed E-state index contributed by atoms with van der Waals surface area (Å²) < 4.78 is 34.4. The minimum absolute atomic E-state index is 0.161. The van der Waals surface area contributed by atoms with Crippen LogP contribution in [0.5, 0.6) is 0 Å². The fourth-order valence-corrected chi connectivity index (χ4v) is 3.70. The van der Waals surface area contributed by atoms with Crippen molar-refractivity contribution in [2.75, 3.05) is 0 Å². The summed E-state index contributed by atoms with van der Waals surface area (Å²) >= 11 is 5.93. The fraction of sp³-hybridized carbons (Fsp3) is 0.0870. The lowest BCUT2D eigenvalue weighted by Crippen LogP contribution is -2.19. The van der Waals surface area contributed by atoms with Crippen LogP contribution in [0.1, 0.15) is 17.0 Å². The molecule has 0 unspecified atom stereocenters. The summed E-state index contributed by atoms with van der Waals surface area (Å²) in [5.41, 5.74) is 3.14. The second kappa shape index (κ2) is 7.46. The molecule has 0 aliphatic carbocycles. The van der Waals surface area contributed by atoms with Crippen molar-refractivity contribution >= 4 is 17.7 Å². The third-order valence-corrected chi connectivity index (χ3v) is 5.32. The zero-order valence-corrected chi connectivity index (χ0v) is 16.5. The largest absolute Gasteiger partial charge is 0.364 e. The van der Waals surface area contributed by atoms with Crippen LogP contribution in [-0.2, 0) is 13.1 Å². The minimum Gasteiger partial charge on any atom is -0.364 e. The van der Waals surface area contributed by atoms with E-state index in [0.717, 1.165) is 11.3 Å². The van der Waals surface area contributed by atoms with Gasteiger partial charge in [-0.05, 0) is 30.3 Å². The summed E-state index contributed by atoms with van der Waals surface area (Å²) in [6.07, 6.45) is 3.49. The van der Waals surface area contributed by atoms with Gasteiger partial charge < -0.3 is 14.4 Å². The second-order valence-electron chi connectivity index (χ2n) is 7.09. The van der Waals surface area contributed by atoms with E-state index in [1.165, 1.54) is 6.07 Å². The molecular formula is C23H16ClF2N3O. The third-order valence-electron chi connectivity index (χ3n) is 5.07. The molecule has 4 aromatic rings. The van der Waals surface area contributed by atoms with E-state index in [4.69, 9.17) is 16.1 Å². The molecular weight excluding hydrogens is 408 g/mol. The van der Waals surface area contributed by atoms with Gasteiger partial charge in [-0.3, -0.25) is 0 Å². The molecule has 5 rings (SSSR count). The van der Waals surface area contributed by atoms with E-state index in [9.17, 15) is 8.78 Å². The molecule has 1 aliphatic heterocycles. The van der Waals surface area contributed by atoms with Gasteiger partial charge in [0.2, 0.25) is 0 Å². The van der Waals surface area contributed by atoms with Crippen LogP contribution in [0.4, 0.5) is 8.78 Å². The van der Waals surface area contributed by atoms with Gasteiger partial charge >= 0.3 is 0 Å². The van der Waals surface area contributed by atoms with Crippen LogP contribution < -0.4 is 0 Å². The normalized spacial score (nSPS) is 13.0. The molecule has 0 spiro atoms. The predicted octanol–water partition coefficient (Wildman–Crippen LogP) is 6.25. The van der Waals surface area contributed by atoms with Gasteiger partial charge in [0.1, 0.15) is 11.5 Å². The Labute approximate surface area is 176 Å². The number of halogens is 3. The summed E-state index contributed by atoms with van der Waals surface area (Å²) in [5.74, 6) is -0.239. The van der Waals surface area contributed by atoms with E-state index in [1.807, 2.05) is 23.1 Å². The number of H-pyrrole nitrogens is 1. The van der Waals surface area contributed by atoms with Crippen molar-refractivity contribution in [3.63, 3.8) is 0 Å². The Balaban J connectivity index is 1.35. The average Bonchev–Trinajstić information content (AvgIpc) is 3.34. The van der Waals surface area contributed by atoms with Gasteiger partial charge in [0, 0.05) is 39.7 Å². The number of nitrogens with zero attached hydrogens (tertiary/aromatic N) is 2. The van der Waals surface area contributed by atoms with Crippen molar-refractivity contribution in [1.82, 2.24) is 15.0 Å². The Kier molecular flexibility index (Phi) is 4.64. The Hall–Kier alpha value is -3.38. The van der Waals surface area contributed by atoms with Crippen LogP contribution in [-0.4, -0.2) is 15.0 Å². The van der Waals surface area contributed by atoms with Crippen LogP contribution in [0.15, 0.2) is 65.3 Å². The van der Waals surface area contributed by atoms with Crippen LogP contribution in [0.2, 0.25) is 5.02 Å². The predicted molar refractivity (Wildman–Crippen MR) is 111 cm³/mol. The smallest absolute Gasteiger partial charge is 0.156 e. The molecule has 1 aliphatic rings. The molecule has 0 saturated carbocycles. The maximum absolute atomic E-state index is 14.8. The van der Waals surface area contributed by atoms with Crippen molar-refractivity contribution in [2.24, 2.45) is 0 Å². The SMILES string of the molecule is Fc1ccccc1-c1[nH]c2c(c1F)C=CN(Cc1cc(-c3ccc(Cl)cc3)no1)C2. The molecule has 4 nitrogen and oxygen atoms in total. The van der Waals surface area contributed by atoms with Crippen LogP contribution in [0, 0.1) is 11.6 Å². The number of nitrogens with one attached hydrogen (secondary N) is 1. The average molecular weight is 424 g/mol. The Morgan fingerprint density at radius 3 is 2.70 bits per heavy atom. The molecule has 2 aromatic heterocycles. The molecule has 2 aromatic carbocycles. The van der Waals surface area contributed by atoms with Crippen molar-refractivity contribution in [3.8, 4) is 22.5 Å². The van der Waals surface area contributed by atoms with Crippen LogP contribution >= 0.6 is 11.6 Å². The van der Waals surface area contributed by atoms with Gasteiger partial charge in [0.15, 0.2) is 11.6 Å². The van der Waals surface area contributed by atoms with Gasteiger partial charge in [-0.2, -0.15) is 0 Å². The standard InChI is InChI=1S/C23H16ClF2N3O/c24-15-7-5-14(6-8-15)20-11-16(30-28-20)12-29-10-9-18-21(13-29)27-23(22(18)26)17-3-1-2-4-19(17)25/h1-11,27H,12-13H2. The molecule has 0 amide bonds. The van der Waals surface area contributed by atoms with E-state index in [2.05, 4.69) is 10.1 Å². The molecule has 3 heterocycles. The number of hydrogen-bond donors (Lipinski definition) is 1. The molecule has 1 N–H and O–H groups in total. The van der Waals surface area contributed by atoms with Crippen LogP contribution in [0.3, 0.4) is 0 Å². The lowest BCUT2D eigenvalue weighted by molar-refractivity contribution is 0.290. The zero-order valence-electron chi connectivity index (χ0n) is 15.7. The number of fused-ring (bicyclic) bond motifs is 1. The molecule has 150 valence electrons. The lowest BCUT2D eigenvalue weighted by Gasteiger charge is -2.21. The van der Waals surface area contributed by atoms with Gasteiger partial charge in [0.25, 0.3) is 0 Å². The highest BCUT2D eigenvalue weighted by atomic mass is 35.5. The van der Waals surface area contributed by atoms with Crippen LogP contribution in [0.25, 0.3) is 28.6 Å². The first-order valence-corrected chi connectivity index (χ1v) is 9.75. The van der Waals surface area contributed by atoms with E-state index in [1.54, 1.807) is 42.6 Å². The summed E-state index contributed by atoms with van der Waals surface area (Å²) in [5, 5.41) is 4.77. The van der Waals surface area contributed by atoms with E-state index in [-0.39, 0.29) is 11.3 Å². The van der Waals surface area contributed by atoms with E-state index < -0.39 is 11.6 Å². The number of rotatable bonds is 4. The van der Waals surface area contributed by atoms with Gasteiger partial charge in [0.05, 0.1) is 18.8 Å². The Bertz CT molecular complexity index is 1240. The van der Waals surface area contributed by atoms with Gasteiger partial charge in [-0.25, -0.2) is 8.78 Å². The topological polar surface area (TPSA) is 45.1 Å². The zero-order chi connectivity index (χ0) is 20.7. The molecule has 0 atom stereocenters. The quantitative estimate of drug-likeness (QED) is 0.421.